The zero-order valence-corrected chi connectivity index (χ0v) is 24.7. The Hall–Kier alpha value is -6.26. The van der Waals surface area contributed by atoms with Crippen LogP contribution >= 0.6 is 0 Å². The number of furan rings is 1. The minimum absolute atomic E-state index is 0.711. The minimum atomic E-state index is 0.711. The van der Waals surface area contributed by atoms with E-state index in [1.165, 1.54) is 26.9 Å². The molecule has 214 valence electrons. The maximum absolute atomic E-state index is 6.49. The summed E-state index contributed by atoms with van der Waals surface area (Å²) in [6, 6.07) is 53.0. The van der Waals surface area contributed by atoms with Gasteiger partial charge < -0.3 is 8.98 Å². The van der Waals surface area contributed by atoms with Crippen molar-refractivity contribution in [3.63, 3.8) is 0 Å². The number of para-hydroxylation sites is 2. The zero-order chi connectivity index (χ0) is 30.2. The Morgan fingerprint density at radius 2 is 1.20 bits per heavy atom. The van der Waals surface area contributed by atoms with Crippen molar-refractivity contribution in [1.29, 1.82) is 0 Å². The lowest BCUT2D eigenvalue weighted by atomic mass is 10.0. The first-order valence-electron chi connectivity index (χ1n) is 15.5. The zero-order valence-electron chi connectivity index (χ0n) is 24.7. The van der Waals surface area contributed by atoms with Crippen LogP contribution in [-0.4, -0.2) is 14.5 Å². The maximum atomic E-state index is 6.49. The lowest BCUT2D eigenvalue weighted by Crippen LogP contribution is -1.97. The molecule has 0 unspecified atom stereocenters. The first kappa shape index (κ1) is 25.1. The van der Waals surface area contributed by atoms with Gasteiger partial charge in [-0.25, -0.2) is 9.97 Å². The summed E-state index contributed by atoms with van der Waals surface area (Å²) in [5.74, 6) is 0.711. The molecule has 0 amide bonds. The second-order valence-electron chi connectivity index (χ2n) is 11.8. The van der Waals surface area contributed by atoms with E-state index in [2.05, 4.69) is 126 Å². The van der Waals surface area contributed by atoms with Crippen LogP contribution < -0.4 is 0 Å². The molecule has 0 saturated heterocycles. The van der Waals surface area contributed by atoms with E-state index < -0.39 is 0 Å². The van der Waals surface area contributed by atoms with E-state index in [0.717, 1.165) is 61.0 Å². The number of nitrogens with zero attached hydrogens (tertiary/aromatic N) is 3. The molecule has 10 rings (SSSR count). The SMILES string of the molecule is c1ccc(-c2nc(-c3ccc(-n4c5ccccc5c5cc6c(cc54)oc4ccc5ccccc5c46)cc3)nc3ccccc23)cc1. The van der Waals surface area contributed by atoms with Crippen molar-refractivity contribution >= 4 is 65.4 Å². The normalized spacial score (nSPS) is 11.9. The summed E-state index contributed by atoms with van der Waals surface area (Å²) in [5, 5.41) is 8.19. The molecule has 0 N–H and O–H groups in total. The molecule has 0 fully saturated rings. The molecule has 4 heteroatoms. The molecule has 0 aliphatic carbocycles. The monoisotopic (exact) mass is 587 g/mol. The molecule has 0 radical (unpaired) electrons. The molecule has 0 aliphatic heterocycles. The third kappa shape index (κ3) is 3.67. The van der Waals surface area contributed by atoms with E-state index in [0.29, 0.717) is 5.82 Å². The van der Waals surface area contributed by atoms with E-state index in [4.69, 9.17) is 14.4 Å². The van der Waals surface area contributed by atoms with E-state index in [1.54, 1.807) is 0 Å². The number of rotatable bonds is 3. The minimum Gasteiger partial charge on any atom is -0.456 e. The molecule has 0 saturated carbocycles. The Bertz CT molecular complexity index is 2790. The van der Waals surface area contributed by atoms with Gasteiger partial charge in [0, 0.05) is 49.8 Å². The van der Waals surface area contributed by atoms with Gasteiger partial charge in [0.05, 0.1) is 22.2 Å². The Balaban J connectivity index is 1.16. The highest BCUT2D eigenvalue weighted by Gasteiger charge is 2.18. The average molecular weight is 588 g/mol. The van der Waals surface area contributed by atoms with Gasteiger partial charge in [0.15, 0.2) is 5.82 Å². The van der Waals surface area contributed by atoms with E-state index in [1.807, 2.05) is 30.3 Å². The Kier molecular flexibility index (Phi) is 5.25. The standard InChI is InChI=1S/C42H25N3O/c1-2-11-27(12-3-1)41-32-15-6-8-16-35(32)43-42(44-41)28-18-21-29(22-19-28)45-36-17-9-7-14-31(36)33-24-34-39(25-37(33)45)46-38-23-20-26-10-4-5-13-30(26)40(34)38/h1-25H. The molecule has 0 aliphatic rings. The van der Waals surface area contributed by atoms with Crippen molar-refractivity contribution in [2.75, 3.05) is 0 Å². The van der Waals surface area contributed by atoms with Crippen molar-refractivity contribution in [3.8, 4) is 28.3 Å². The fourth-order valence-corrected chi connectivity index (χ4v) is 7.07. The number of fused-ring (bicyclic) bond motifs is 9. The summed E-state index contributed by atoms with van der Waals surface area (Å²) in [5.41, 5.74) is 9.05. The lowest BCUT2D eigenvalue weighted by Gasteiger charge is -2.11. The van der Waals surface area contributed by atoms with E-state index in [-0.39, 0.29) is 0 Å². The predicted octanol–water partition coefficient (Wildman–Crippen LogP) is 11.1. The molecule has 0 spiro atoms. The Morgan fingerprint density at radius 3 is 2.07 bits per heavy atom. The first-order chi connectivity index (χ1) is 22.8. The molecule has 0 atom stereocenters. The van der Waals surface area contributed by atoms with Gasteiger partial charge in [-0.3, -0.25) is 0 Å². The van der Waals surface area contributed by atoms with Crippen LogP contribution in [0.25, 0.3) is 93.8 Å². The number of hydrogen-bond donors (Lipinski definition) is 0. The number of hydrogen-bond acceptors (Lipinski definition) is 3. The van der Waals surface area contributed by atoms with Crippen LogP contribution in [0.5, 0.6) is 0 Å². The molecule has 3 aromatic heterocycles. The van der Waals surface area contributed by atoms with Crippen LogP contribution in [0.15, 0.2) is 156 Å². The second kappa shape index (κ2) is 9.62. The molecule has 7 aromatic carbocycles. The van der Waals surface area contributed by atoms with Gasteiger partial charge in [-0.2, -0.15) is 0 Å². The van der Waals surface area contributed by atoms with Crippen molar-refractivity contribution in [2.45, 2.75) is 0 Å². The highest BCUT2D eigenvalue weighted by molar-refractivity contribution is 6.23. The second-order valence-corrected chi connectivity index (χ2v) is 11.8. The first-order valence-corrected chi connectivity index (χ1v) is 15.5. The number of aromatic nitrogens is 3. The van der Waals surface area contributed by atoms with Crippen LogP contribution in [0.2, 0.25) is 0 Å². The summed E-state index contributed by atoms with van der Waals surface area (Å²) < 4.78 is 8.81. The fraction of sp³-hybridized carbons (Fsp3) is 0. The molecule has 3 heterocycles. The molecule has 4 nitrogen and oxygen atoms in total. The topological polar surface area (TPSA) is 43.9 Å². The van der Waals surface area contributed by atoms with Gasteiger partial charge in [-0.1, -0.05) is 97.1 Å². The van der Waals surface area contributed by atoms with Gasteiger partial charge in [-0.05, 0) is 59.3 Å². The summed E-state index contributed by atoms with van der Waals surface area (Å²) in [4.78, 5) is 10.0. The predicted molar refractivity (Wildman–Crippen MR) is 190 cm³/mol. The quantitative estimate of drug-likeness (QED) is 0.207. The van der Waals surface area contributed by atoms with Crippen LogP contribution in [-0.2, 0) is 0 Å². The van der Waals surface area contributed by atoms with Crippen LogP contribution in [0, 0.1) is 0 Å². The molecule has 10 aromatic rings. The van der Waals surface area contributed by atoms with Crippen molar-refractivity contribution in [3.05, 3.63) is 152 Å². The Labute approximate surface area is 263 Å². The summed E-state index contributed by atoms with van der Waals surface area (Å²) in [6.07, 6.45) is 0. The van der Waals surface area contributed by atoms with Crippen molar-refractivity contribution in [2.24, 2.45) is 0 Å². The highest BCUT2D eigenvalue weighted by atomic mass is 16.3. The smallest absolute Gasteiger partial charge is 0.160 e. The Morgan fingerprint density at radius 1 is 0.457 bits per heavy atom. The van der Waals surface area contributed by atoms with Crippen molar-refractivity contribution in [1.82, 2.24) is 14.5 Å². The lowest BCUT2D eigenvalue weighted by molar-refractivity contribution is 0.669. The molecule has 0 bridgehead atoms. The molecular weight excluding hydrogens is 562 g/mol. The average Bonchev–Trinajstić information content (AvgIpc) is 3.65. The van der Waals surface area contributed by atoms with E-state index >= 15 is 0 Å². The van der Waals surface area contributed by atoms with Crippen LogP contribution in [0.1, 0.15) is 0 Å². The van der Waals surface area contributed by atoms with Gasteiger partial charge >= 0.3 is 0 Å². The van der Waals surface area contributed by atoms with Crippen LogP contribution in [0.4, 0.5) is 0 Å². The van der Waals surface area contributed by atoms with Gasteiger partial charge in [0.2, 0.25) is 0 Å². The van der Waals surface area contributed by atoms with Gasteiger partial charge in [0.25, 0.3) is 0 Å². The third-order valence-electron chi connectivity index (χ3n) is 9.19. The van der Waals surface area contributed by atoms with E-state index in [9.17, 15) is 0 Å². The third-order valence-corrected chi connectivity index (χ3v) is 9.19. The summed E-state index contributed by atoms with van der Waals surface area (Å²) in [6.45, 7) is 0. The van der Waals surface area contributed by atoms with Crippen LogP contribution in [0.3, 0.4) is 0 Å². The van der Waals surface area contributed by atoms with Gasteiger partial charge in [0.1, 0.15) is 11.2 Å². The largest absolute Gasteiger partial charge is 0.456 e. The summed E-state index contributed by atoms with van der Waals surface area (Å²) >= 11 is 0. The number of benzene rings is 7. The fourth-order valence-electron chi connectivity index (χ4n) is 7.07. The molecular formula is C42H25N3O. The molecule has 46 heavy (non-hydrogen) atoms. The van der Waals surface area contributed by atoms with Gasteiger partial charge in [-0.15, -0.1) is 0 Å². The highest BCUT2D eigenvalue weighted by Crippen LogP contribution is 2.40. The summed E-state index contributed by atoms with van der Waals surface area (Å²) in [7, 11) is 0. The maximum Gasteiger partial charge on any atom is 0.160 e. The van der Waals surface area contributed by atoms with Crippen molar-refractivity contribution < 1.29 is 4.42 Å².